The molecule has 1 N–H and O–H groups in total. The monoisotopic (exact) mass is 380 g/mol. The molecule has 4 heterocycles. The van der Waals surface area contributed by atoms with E-state index in [0.717, 1.165) is 12.0 Å². The predicted molar refractivity (Wildman–Crippen MR) is 100 cm³/mol. The van der Waals surface area contributed by atoms with E-state index in [1.54, 1.807) is 15.8 Å². The van der Waals surface area contributed by atoms with Crippen LogP contribution in [0.25, 0.3) is 0 Å². The van der Waals surface area contributed by atoms with Gasteiger partial charge < -0.3 is 20.0 Å². The number of carbonyl (C=O) groups excluding carboxylic acids is 2. The Morgan fingerprint density at radius 2 is 1.86 bits per heavy atom. The average molecular weight is 380 g/mol. The van der Waals surface area contributed by atoms with E-state index in [9.17, 15) is 14.4 Å². The maximum absolute atomic E-state index is 13.2. The molecule has 3 aliphatic rings. The summed E-state index contributed by atoms with van der Waals surface area (Å²) in [6.45, 7) is 1.11. The van der Waals surface area contributed by atoms with E-state index in [0.29, 0.717) is 19.5 Å². The molecule has 2 fully saturated rings. The molecule has 1 aromatic heterocycles. The molecule has 2 amide bonds. The summed E-state index contributed by atoms with van der Waals surface area (Å²) in [4.78, 5) is 41.3. The molecule has 3 aliphatic heterocycles. The predicted octanol–water partition coefficient (Wildman–Crippen LogP) is 0.757. The molecule has 0 bridgehead atoms. The number of ether oxygens (including phenoxy) is 1. The molecule has 2 unspecified atom stereocenters. The third-order valence-electron chi connectivity index (χ3n) is 5.64. The van der Waals surface area contributed by atoms with Gasteiger partial charge in [0.25, 0.3) is 5.91 Å². The summed E-state index contributed by atoms with van der Waals surface area (Å²) in [6.07, 6.45) is 2.51. The first-order chi connectivity index (χ1) is 13.6. The zero-order chi connectivity index (χ0) is 19.3. The minimum Gasteiger partial charge on any atom is -0.482 e. The van der Waals surface area contributed by atoms with Crippen LogP contribution in [0.5, 0.6) is 5.75 Å². The van der Waals surface area contributed by atoms with E-state index in [1.807, 2.05) is 35.2 Å². The normalized spacial score (nSPS) is 23.0. The first-order valence-electron chi connectivity index (χ1n) is 9.41. The minimum atomic E-state index is -0.328. The Balaban J connectivity index is 1.46. The number of benzene rings is 1. The number of carbonyl (C=O) groups is 2. The number of amides is 2. The van der Waals surface area contributed by atoms with Crippen molar-refractivity contribution >= 4 is 11.8 Å². The lowest BCUT2D eigenvalue weighted by Crippen LogP contribution is -2.65. The van der Waals surface area contributed by atoms with Gasteiger partial charge in [-0.2, -0.15) is 0 Å². The van der Waals surface area contributed by atoms with E-state index in [1.165, 1.54) is 6.07 Å². The van der Waals surface area contributed by atoms with E-state index >= 15 is 0 Å². The molecule has 8 heteroatoms. The summed E-state index contributed by atoms with van der Waals surface area (Å²) in [7, 11) is 0. The van der Waals surface area contributed by atoms with Gasteiger partial charge in [0, 0.05) is 25.2 Å². The Kier molecular flexibility index (Phi) is 3.85. The second-order valence-corrected chi connectivity index (χ2v) is 7.34. The second-order valence-electron chi connectivity index (χ2n) is 7.34. The zero-order valence-electron chi connectivity index (χ0n) is 15.2. The molecule has 1 aromatic carbocycles. The van der Waals surface area contributed by atoms with Gasteiger partial charge in [-0.15, -0.1) is 0 Å². The summed E-state index contributed by atoms with van der Waals surface area (Å²) in [5.41, 5.74) is 4.03. The molecule has 28 heavy (non-hydrogen) atoms. The minimum absolute atomic E-state index is 0.0465. The number of aromatic nitrogens is 1. The van der Waals surface area contributed by atoms with E-state index < -0.39 is 0 Å². The highest BCUT2D eigenvalue weighted by Crippen LogP contribution is 2.30. The largest absolute Gasteiger partial charge is 0.482 e. The molecule has 2 saturated heterocycles. The molecule has 0 spiro atoms. The maximum atomic E-state index is 13.2. The van der Waals surface area contributed by atoms with Crippen molar-refractivity contribution in [3.05, 3.63) is 64.1 Å². The van der Waals surface area contributed by atoms with Crippen molar-refractivity contribution in [2.45, 2.75) is 31.7 Å². The van der Waals surface area contributed by atoms with E-state index in [2.05, 4.69) is 5.43 Å². The van der Waals surface area contributed by atoms with E-state index in [-0.39, 0.29) is 47.5 Å². The van der Waals surface area contributed by atoms with Crippen molar-refractivity contribution in [3.8, 4) is 5.75 Å². The van der Waals surface area contributed by atoms with Crippen LogP contribution in [0, 0.1) is 0 Å². The first-order valence-corrected chi connectivity index (χ1v) is 9.41. The lowest BCUT2D eigenvalue weighted by atomic mass is 10.1. The van der Waals surface area contributed by atoms with Crippen LogP contribution in [0.1, 0.15) is 28.9 Å². The highest BCUT2D eigenvalue weighted by Gasteiger charge is 2.45. The first kappa shape index (κ1) is 16.9. The Morgan fingerprint density at radius 3 is 2.68 bits per heavy atom. The molecule has 0 radical (unpaired) electrons. The van der Waals surface area contributed by atoms with Crippen molar-refractivity contribution < 1.29 is 14.3 Å². The van der Waals surface area contributed by atoms with Crippen LogP contribution in [-0.4, -0.2) is 51.6 Å². The van der Waals surface area contributed by atoms with Gasteiger partial charge in [0.2, 0.25) is 11.3 Å². The fourth-order valence-electron chi connectivity index (χ4n) is 4.20. The van der Waals surface area contributed by atoms with Crippen molar-refractivity contribution in [1.82, 2.24) is 14.5 Å². The van der Waals surface area contributed by atoms with Gasteiger partial charge in [-0.3, -0.25) is 19.1 Å². The lowest BCUT2D eigenvalue weighted by molar-refractivity contribution is -0.131. The van der Waals surface area contributed by atoms with E-state index in [4.69, 9.17) is 4.74 Å². The summed E-state index contributed by atoms with van der Waals surface area (Å²) >= 11 is 0. The smallest absolute Gasteiger partial charge is 0.278 e. The van der Waals surface area contributed by atoms with Crippen LogP contribution in [0.15, 0.2) is 47.4 Å². The van der Waals surface area contributed by atoms with Crippen molar-refractivity contribution in [1.29, 1.82) is 0 Å². The van der Waals surface area contributed by atoms with Crippen molar-refractivity contribution in [2.24, 2.45) is 0 Å². The number of fused-ring (bicyclic) bond motifs is 3. The fraction of sp³-hybridized carbons (Fsp3) is 0.350. The third kappa shape index (κ3) is 2.64. The number of nitrogens with zero attached hydrogens (tertiary/aromatic N) is 3. The fourth-order valence-corrected chi connectivity index (χ4v) is 4.20. The zero-order valence-corrected chi connectivity index (χ0v) is 15.2. The summed E-state index contributed by atoms with van der Waals surface area (Å²) in [5, 5.41) is 0. The van der Waals surface area contributed by atoms with Gasteiger partial charge in [-0.1, -0.05) is 30.3 Å². The molecule has 8 nitrogen and oxygen atoms in total. The number of piperazine rings is 1. The van der Waals surface area contributed by atoms with Crippen LogP contribution < -0.4 is 15.6 Å². The molecule has 2 aromatic rings. The Hall–Kier alpha value is -3.29. The van der Waals surface area contributed by atoms with Crippen LogP contribution >= 0.6 is 0 Å². The summed E-state index contributed by atoms with van der Waals surface area (Å²) in [6, 6.07) is 10.9. The standard InChI is InChI=1S/C20H20N4O4/c25-15-8-9-24-18(19(15)28-12-13-4-2-1-3-5-13)20(27)23-10-14-6-7-17(26)22(14)11-16(23)21-24/h1-5,8-9,14,16,21H,6-7,10-12H2. The molecule has 0 aliphatic carbocycles. The highest BCUT2D eigenvalue weighted by molar-refractivity contribution is 5.96. The Labute approximate surface area is 161 Å². The number of hydrogen-bond donors (Lipinski definition) is 1. The Bertz CT molecular complexity index is 1000. The SMILES string of the molecule is O=C1CCC2CN3C(=O)c4c(OCc5ccccc5)c(=O)ccn4NC3CN12. The number of nitrogens with one attached hydrogen (secondary N) is 1. The van der Waals surface area contributed by atoms with Gasteiger partial charge in [0.15, 0.2) is 11.4 Å². The molecular formula is C20H20N4O4. The van der Waals surface area contributed by atoms with Crippen LogP contribution in [0.4, 0.5) is 0 Å². The Morgan fingerprint density at radius 1 is 1.04 bits per heavy atom. The summed E-state index contributed by atoms with van der Waals surface area (Å²) in [5.74, 6) is -0.0628. The summed E-state index contributed by atoms with van der Waals surface area (Å²) < 4.78 is 7.34. The van der Waals surface area contributed by atoms with Crippen LogP contribution in [0.3, 0.4) is 0 Å². The van der Waals surface area contributed by atoms with Gasteiger partial charge >= 0.3 is 0 Å². The molecule has 0 saturated carbocycles. The highest BCUT2D eigenvalue weighted by atomic mass is 16.5. The third-order valence-corrected chi connectivity index (χ3v) is 5.64. The molecular weight excluding hydrogens is 360 g/mol. The molecule has 144 valence electrons. The lowest BCUT2D eigenvalue weighted by Gasteiger charge is -2.47. The van der Waals surface area contributed by atoms with Gasteiger partial charge in [-0.25, -0.2) is 0 Å². The molecule has 5 rings (SSSR count). The van der Waals surface area contributed by atoms with Crippen LogP contribution in [-0.2, 0) is 11.4 Å². The number of rotatable bonds is 3. The number of hydrogen-bond acceptors (Lipinski definition) is 5. The van der Waals surface area contributed by atoms with Crippen molar-refractivity contribution in [3.63, 3.8) is 0 Å². The topological polar surface area (TPSA) is 83.9 Å². The molecule has 2 atom stereocenters. The average Bonchev–Trinajstić information content (AvgIpc) is 3.07. The van der Waals surface area contributed by atoms with Gasteiger partial charge in [0.1, 0.15) is 12.8 Å². The van der Waals surface area contributed by atoms with Crippen molar-refractivity contribution in [2.75, 3.05) is 18.5 Å². The van der Waals surface area contributed by atoms with Crippen LogP contribution in [0.2, 0.25) is 0 Å². The van der Waals surface area contributed by atoms with Gasteiger partial charge in [-0.05, 0) is 12.0 Å². The van der Waals surface area contributed by atoms with Gasteiger partial charge in [0.05, 0.1) is 12.6 Å². The second kappa shape index (κ2) is 6.40. The quantitative estimate of drug-likeness (QED) is 0.850. The number of pyridine rings is 1. The maximum Gasteiger partial charge on any atom is 0.278 e.